The fourth-order valence-corrected chi connectivity index (χ4v) is 2.09. The molecule has 6 heteroatoms. The van der Waals surface area contributed by atoms with Crippen molar-refractivity contribution in [3.05, 3.63) is 59.2 Å². The van der Waals surface area contributed by atoms with Crippen LogP contribution in [0.5, 0.6) is 0 Å². The maximum Gasteiger partial charge on any atom is 0.335 e. The lowest BCUT2D eigenvalue weighted by Crippen LogP contribution is -2.33. The molecule has 0 aliphatic carbocycles. The Kier molecular flexibility index (Phi) is 4.95. The summed E-state index contributed by atoms with van der Waals surface area (Å²) < 4.78 is 0. The molecule has 4 N–H and O–H groups in total. The van der Waals surface area contributed by atoms with Gasteiger partial charge in [-0.15, -0.1) is 0 Å². The largest absolute Gasteiger partial charge is 0.478 e. The normalized spacial score (nSPS) is 9.91. The van der Waals surface area contributed by atoms with Crippen LogP contribution in [0.2, 0.25) is 0 Å². The van der Waals surface area contributed by atoms with Gasteiger partial charge in [-0.05, 0) is 62.0 Å². The van der Waals surface area contributed by atoms with E-state index in [2.05, 4.69) is 22.2 Å². The second-order valence-electron chi connectivity index (χ2n) is 4.91. The molecule has 0 fully saturated rings. The van der Waals surface area contributed by atoms with Crippen molar-refractivity contribution < 1.29 is 9.90 Å². The van der Waals surface area contributed by atoms with Crippen LogP contribution in [0.1, 0.15) is 21.5 Å². The number of hydrazine groups is 1. The number of aromatic carboxylic acids is 1. The number of thiocarbonyl (C=S) groups is 1. The molecule has 0 radical (unpaired) electrons. The van der Waals surface area contributed by atoms with Crippen LogP contribution in [0.15, 0.2) is 42.5 Å². The van der Waals surface area contributed by atoms with Gasteiger partial charge in [0, 0.05) is 5.69 Å². The van der Waals surface area contributed by atoms with Crippen molar-refractivity contribution >= 4 is 34.7 Å². The predicted molar refractivity (Wildman–Crippen MR) is 92.3 cm³/mol. The van der Waals surface area contributed by atoms with Crippen molar-refractivity contribution in [1.82, 2.24) is 5.43 Å². The van der Waals surface area contributed by atoms with Crippen LogP contribution in [0, 0.1) is 13.8 Å². The molecule has 0 saturated carbocycles. The lowest BCUT2D eigenvalue weighted by molar-refractivity contribution is 0.0697. The highest BCUT2D eigenvalue weighted by atomic mass is 32.1. The van der Waals surface area contributed by atoms with Gasteiger partial charge in [0.2, 0.25) is 0 Å². The average molecular weight is 315 g/mol. The van der Waals surface area contributed by atoms with E-state index >= 15 is 0 Å². The molecule has 0 atom stereocenters. The summed E-state index contributed by atoms with van der Waals surface area (Å²) in [6.07, 6.45) is 0. The average Bonchev–Trinajstić information content (AvgIpc) is 2.48. The van der Waals surface area contributed by atoms with Crippen LogP contribution < -0.4 is 16.2 Å². The SMILES string of the molecule is Cc1ccc(NC(=S)NNc2ccc(C(=O)O)cc2)c(C)c1. The number of benzene rings is 2. The zero-order chi connectivity index (χ0) is 16.1. The van der Waals surface area contributed by atoms with Crippen molar-refractivity contribution in [2.75, 3.05) is 10.7 Å². The Bertz CT molecular complexity index is 699. The first-order chi connectivity index (χ1) is 10.5. The van der Waals surface area contributed by atoms with E-state index in [1.54, 1.807) is 12.1 Å². The topological polar surface area (TPSA) is 73.4 Å². The van der Waals surface area contributed by atoms with Gasteiger partial charge in [0.1, 0.15) is 0 Å². The number of anilines is 2. The Morgan fingerprint density at radius 2 is 1.77 bits per heavy atom. The van der Waals surface area contributed by atoms with Gasteiger partial charge < -0.3 is 10.4 Å². The number of carbonyl (C=O) groups is 1. The van der Waals surface area contributed by atoms with Gasteiger partial charge in [0.15, 0.2) is 5.11 Å². The Balaban J connectivity index is 1.91. The number of nitrogens with one attached hydrogen (secondary N) is 3. The minimum atomic E-state index is -0.952. The van der Waals surface area contributed by atoms with Crippen molar-refractivity contribution in [2.45, 2.75) is 13.8 Å². The molecule has 0 aliphatic heterocycles. The summed E-state index contributed by atoms with van der Waals surface area (Å²) in [5, 5.41) is 12.4. The standard InChI is InChI=1S/C16H17N3O2S/c1-10-3-8-14(11(2)9-10)17-16(22)19-18-13-6-4-12(5-7-13)15(20)21/h3-9,18H,1-2H3,(H,20,21)(H2,17,19,22). The van der Waals surface area contributed by atoms with E-state index in [1.807, 2.05) is 26.0 Å². The fraction of sp³-hybridized carbons (Fsp3) is 0.125. The van der Waals surface area contributed by atoms with E-state index < -0.39 is 5.97 Å². The molecule has 5 nitrogen and oxygen atoms in total. The molecule has 0 aromatic heterocycles. The van der Waals surface area contributed by atoms with Crippen LogP contribution in [-0.2, 0) is 0 Å². The highest BCUT2D eigenvalue weighted by Crippen LogP contribution is 2.15. The maximum absolute atomic E-state index is 10.8. The number of hydrogen-bond acceptors (Lipinski definition) is 3. The Morgan fingerprint density at radius 1 is 1.09 bits per heavy atom. The molecule has 2 aromatic carbocycles. The van der Waals surface area contributed by atoms with E-state index in [4.69, 9.17) is 17.3 Å². The molecule has 114 valence electrons. The van der Waals surface area contributed by atoms with Crippen molar-refractivity contribution in [1.29, 1.82) is 0 Å². The van der Waals surface area contributed by atoms with Gasteiger partial charge in [0.25, 0.3) is 0 Å². The smallest absolute Gasteiger partial charge is 0.335 e. The molecule has 0 bridgehead atoms. The minimum absolute atomic E-state index is 0.238. The van der Waals surface area contributed by atoms with Gasteiger partial charge in [-0.3, -0.25) is 10.9 Å². The lowest BCUT2D eigenvalue weighted by atomic mass is 10.1. The first-order valence-electron chi connectivity index (χ1n) is 6.69. The first kappa shape index (κ1) is 15.8. The summed E-state index contributed by atoms with van der Waals surface area (Å²) in [6, 6.07) is 12.4. The predicted octanol–water partition coefficient (Wildman–Crippen LogP) is 3.32. The zero-order valence-electron chi connectivity index (χ0n) is 12.3. The molecule has 0 unspecified atom stereocenters. The summed E-state index contributed by atoms with van der Waals surface area (Å²) in [4.78, 5) is 10.8. The van der Waals surface area contributed by atoms with E-state index in [0.29, 0.717) is 5.11 Å². The van der Waals surface area contributed by atoms with Crippen LogP contribution in [0.3, 0.4) is 0 Å². The molecule has 0 spiro atoms. The van der Waals surface area contributed by atoms with E-state index in [9.17, 15) is 4.79 Å². The van der Waals surface area contributed by atoms with Crippen LogP contribution >= 0.6 is 12.2 Å². The van der Waals surface area contributed by atoms with Gasteiger partial charge in [-0.2, -0.15) is 0 Å². The third kappa shape index (κ3) is 4.20. The van der Waals surface area contributed by atoms with Crippen molar-refractivity contribution in [2.24, 2.45) is 0 Å². The van der Waals surface area contributed by atoms with Gasteiger partial charge in [0.05, 0.1) is 11.3 Å². The summed E-state index contributed by atoms with van der Waals surface area (Å²) in [6.45, 7) is 4.05. The number of hydrogen-bond donors (Lipinski definition) is 4. The van der Waals surface area contributed by atoms with Crippen LogP contribution in [0.25, 0.3) is 0 Å². The summed E-state index contributed by atoms with van der Waals surface area (Å²) in [5.74, 6) is -0.952. The summed E-state index contributed by atoms with van der Waals surface area (Å²) >= 11 is 5.22. The second kappa shape index (κ2) is 6.91. The van der Waals surface area contributed by atoms with E-state index in [-0.39, 0.29) is 5.56 Å². The van der Waals surface area contributed by atoms with Crippen LogP contribution in [0.4, 0.5) is 11.4 Å². The number of carboxylic acids is 1. The lowest BCUT2D eigenvalue weighted by Gasteiger charge is -2.14. The molecular weight excluding hydrogens is 298 g/mol. The summed E-state index contributed by atoms with van der Waals surface area (Å²) in [7, 11) is 0. The van der Waals surface area contributed by atoms with E-state index in [1.165, 1.54) is 17.7 Å². The number of aryl methyl sites for hydroxylation is 2. The molecule has 0 heterocycles. The molecule has 0 saturated heterocycles. The molecule has 2 aromatic rings. The highest BCUT2D eigenvalue weighted by molar-refractivity contribution is 7.80. The molecule has 0 amide bonds. The quantitative estimate of drug-likeness (QED) is 0.512. The van der Waals surface area contributed by atoms with E-state index in [0.717, 1.165) is 16.9 Å². The molecular formula is C16H17N3O2S. The minimum Gasteiger partial charge on any atom is -0.478 e. The fourth-order valence-electron chi connectivity index (χ4n) is 1.93. The van der Waals surface area contributed by atoms with Crippen molar-refractivity contribution in [3.63, 3.8) is 0 Å². The third-order valence-electron chi connectivity index (χ3n) is 3.08. The molecule has 22 heavy (non-hydrogen) atoms. The zero-order valence-corrected chi connectivity index (χ0v) is 13.1. The number of carboxylic acid groups (broad SMARTS) is 1. The van der Waals surface area contributed by atoms with Gasteiger partial charge >= 0.3 is 5.97 Å². The van der Waals surface area contributed by atoms with Gasteiger partial charge in [-0.1, -0.05) is 17.7 Å². The van der Waals surface area contributed by atoms with Gasteiger partial charge in [-0.25, -0.2) is 4.79 Å². The third-order valence-corrected chi connectivity index (χ3v) is 3.29. The Hall–Kier alpha value is -2.60. The Morgan fingerprint density at radius 3 is 2.36 bits per heavy atom. The maximum atomic E-state index is 10.8. The molecule has 0 aliphatic rings. The van der Waals surface area contributed by atoms with Crippen LogP contribution in [-0.4, -0.2) is 16.2 Å². The number of rotatable bonds is 4. The summed E-state index contributed by atoms with van der Waals surface area (Å²) in [5.41, 5.74) is 9.97. The Labute approximate surface area is 134 Å². The first-order valence-corrected chi connectivity index (χ1v) is 7.10. The second-order valence-corrected chi connectivity index (χ2v) is 5.31. The van der Waals surface area contributed by atoms with Crippen molar-refractivity contribution in [3.8, 4) is 0 Å². The highest BCUT2D eigenvalue weighted by Gasteiger charge is 2.03. The monoisotopic (exact) mass is 315 g/mol. The molecule has 2 rings (SSSR count).